The van der Waals surface area contributed by atoms with Crippen LogP contribution in [0.5, 0.6) is 17.2 Å². The average Bonchev–Trinajstić information content (AvgIpc) is 3.13. The van der Waals surface area contributed by atoms with Crippen molar-refractivity contribution in [2.24, 2.45) is 0 Å². The van der Waals surface area contributed by atoms with Gasteiger partial charge in [-0.15, -0.1) is 0 Å². The van der Waals surface area contributed by atoms with Gasteiger partial charge < -0.3 is 23.8 Å². The Morgan fingerprint density at radius 3 is 2.18 bits per heavy atom. The van der Waals surface area contributed by atoms with Crippen molar-refractivity contribution in [3.05, 3.63) is 23.8 Å². The van der Waals surface area contributed by atoms with E-state index in [9.17, 15) is 9.59 Å². The summed E-state index contributed by atoms with van der Waals surface area (Å²) in [6, 6.07) is 2.96. The molecule has 0 saturated carbocycles. The van der Waals surface area contributed by atoms with Crippen LogP contribution in [0.2, 0.25) is 0 Å². The minimum Gasteiger partial charge on any atom is -0.493 e. The highest BCUT2D eigenvalue weighted by Crippen LogP contribution is 2.38. The van der Waals surface area contributed by atoms with E-state index in [1.807, 2.05) is 20.8 Å². The van der Waals surface area contributed by atoms with Crippen LogP contribution in [-0.4, -0.2) is 56.3 Å². The molecule has 0 unspecified atom stereocenters. The number of likely N-dealkylation sites (tertiary alicyclic amines) is 1. The number of carbonyl (C=O) groups excluding carboxylic acids is 2. The van der Waals surface area contributed by atoms with Crippen LogP contribution in [0.1, 0.15) is 39.2 Å². The van der Waals surface area contributed by atoms with Crippen molar-refractivity contribution in [3.63, 3.8) is 0 Å². The lowest BCUT2D eigenvalue weighted by molar-refractivity contribution is -0.162. The van der Waals surface area contributed by atoms with Gasteiger partial charge in [0.05, 0.1) is 21.3 Å². The van der Waals surface area contributed by atoms with Gasteiger partial charge in [0.1, 0.15) is 11.6 Å². The number of methoxy groups -OCH3 is 3. The highest BCUT2D eigenvalue weighted by molar-refractivity contribution is 5.95. The molecule has 1 amide bonds. The lowest BCUT2D eigenvalue weighted by atomic mass is 10.1. The van der Waals surface area contributed by atoms with Crippen LogP contribution in [-0.2, 0) is 14.3 Å². The lowest BCUT2D eigenvalue weighted by Crippen LogP contribution is -2.42. The molecule has 0 N–H and O–H groups in total. The first-order chi connectivity index (χ1) is 13.2. The second-order valence-electron chi connectivity index (χ2n) is 7.52. The molecule has 1 atom stereocenters. The van der Waals surface area contributed by atoms with Crippen LogP contribution >= 0.6 is 0 Å². The number of nitrogens with zero attached hydrogens (tertiary/aromatic N) is 1. The van der Waals surface area contributed by atoms with E-state index in [0.29, 0.717) is 30.2 Å². The van der Waals surface area contributed by atoms with Crippen molar-refractivity contribution in [2.45, 2.75) is 45.3 Å². The van der Waals surface area contributed by atoms with E-state index in [4.69, 9.17) is 18.9 Å². The van der Waals surface area contributed by atoms with Crippen LogP contribution in [0.4, 0.5) is 0 Å². The number of carbonyl (C=O) groups is 2. The van der Waals surface area contributed by atoms with Gasteiger partial charge in [-0.25, -0.2) is 4.79 Å². The molecular weight excluding hydrogens is 362 g/mol. The monoisotopic (exact) mass is 391 g/mol. The number of ether oxygens (including phenoxy) is 4. The minimum absolute atomic E-state index is 0.234. The van der Waals surface area contributed by atoms with Gasteiger partial charge >= 0.3 is 5.97 Å². The van der Waals surface area contributed by atoms with E-state index in [2.05, 4.69) is 0 Å². The number of hydrogen-bond donors (Lipinski definition) is 0. The van der Waals surface area contributed by atoms with Gasteiger partial charge in [-0.1, -0.05) is 0 Å². The molecule has 1 aromatic rings. The highest BCUT2D eigenvalue weighted by atomic mass is 16.6. The maximum atomic E-state index is 12.7. The molecule has 2 rings (SSSR count). The van der Waals surface area contributed by atoms with Crippen molar-refractivity contribution in [2.75, 3.05) is 27.9 Å². The molecule has 1 aromatic carbocycles. The molecule has 0 radical (unpaired) electrons. The third kappa shape index (κ3) is 5.18. The van der Waals surface area contributed by atoms with E-state index in [-0.39, 0.29) is 11.9 Å². The predicted molar refractivity (Wildman–Crippen MR) is 106 cm³/mol. The zero-order valence-electron chi connectivity index (χ0n) is 17.4. The SMILES string of the molecule is COc1cc(/C=C/C(=O)N2CCC[C@H]2C(=O)OC(C)(C)C)cc(OC)c1OC. The van der Waals surface area contributed by atoms with Crippen molar-refractivity contribution in [1.82, 2.24) is 4.90 Å². The summed E-state index contributed by atoms with van der Waals surface area (Å²) in [6.45, 7) is 5.98. The van der Waals surface area contributed by atoms with E-state index in [0.717, 1.165) is 12.0 Å². The summed E-state index contributed by atoms with van der Waals surface area (Å²) < 4.78 is 21.4. The summed E-state index contributed by atoms with van der Waals surface area (Å²) in [5.74, 6) is 0.892. The van der Waals surface area contributed by atoms with E-state index >= 15 is 0 Å². The van der Waals surface area contributed by atoms with Crippen LogP contribution in [0.3, 0.4) is 0 Å². The third-order valence-corrected chi connectivity index (χ3v) is 4.32. The molecule has 1 heterocycles. The Balaban J connectivity index is 2.17. The van der Waals surface area contributed by atoms with Crippen LogP contribution in [0, 0.1) is 0 Å². The Morgan fingerprint density at radius 2 is 1.68 bits per heavy atom. The number of amides is 1. The number of hydrogen-bond acceptors (Lipinski definition) is 6. The van der Waals surface area contributed by atoms with Crippen LogP contribution in [0.15, 0.2) is 18.2 Å². The number of esters is 1. The van der Waals surface area contributed by atoms with E-state index < -0.39 is 11.6 Å². The quantitative estimate of drug-likeness (QED) is 0.548. The molecule has 1 fully saturated rings. The fourth-order valence-electron chi connectivity index (χ4n) is 3.11. The summed E-state index contributed by atoms with van der Waals surface area (Å²) in [6.07, 6.45) is 4.49. The Bertz CT molecular complexity index is 725. The normalized spacial score (nSPS) is 16.9. The molecule has 0 bridgehead atoms. The molecule has 7 nitrogen and oxygen atoms in total. The van der Waals surface area contributed by atoms with Crippen molar-refractivity contribution < 1.29 is 28.5 Å². The van der Waals surface area contributed by atoms with Gasteiger partial charge in [-0.05, 0) is 57.4 Å². The first-order valence-corrected chi connectivity index (χ1v) is 9.21. The Morgan fingerprint density at radius 1 is 1.07 bits per heavy atom. The molecule has 154 valence electrons. The van der Waals surface area contributed by atoms with E-state index in [1.54, 1.807) is 23.1 Å². The average molecular weight is 391 g/mol. The van der Waals surface area contributed by atoms with Crippen LogP contribution in [0.25, 0.3) is 6.08 Å². The standard InChI is InChI=1S/C21H29NO6/c1-21(2,3)28-20(24)15-8-7-11-22(15)18(23)10-9-14-12-16(25-4)19(27-6)17(13-14)26-5/h9-10,12-13,15H,7-8,11H2,1-6H3/b10-9+/t15-/m0/s1. The molecule has 0 spiro atoms. The Hall–Kier alpha value is -2.70. The summed E-state index contributed by atoms with van der Waals surface area (Å²) in [5, 5.41) is 0. The molecular formula is C21H29NO6. The van der Waals surface area contributed by atoms with Crippen molar-refractivity contribution >= 4 is 18.0 Å². The molecule has 0 aromatic heterocycles. The molecule has 1 aliphatic rings. The summed E-state index contributed by atoms with van der Waals surface area (Å²) in [7, 11) is 4.60. The van der Waals surface area contributed by atoms with Crippen molar-refractivity contribution in [3.8, 4) is 17.2 Å². The summed E-state index contributed by atoms with van der Waals surface area (Å²) in [5.41, 5.74) is 0.135. The third-order valence-electron chi connectivity index (χ3n) is 4.32. The highest BCUT2D eigenvalue weighted by Gasteiger charge is 2.36. The minimum atomic E-state index is -0.583. The van der Waals surface area contributed by atoms with Gasteiger partial charge in [0.2, 0.25) is 11.7 Å². The lowest BCUT2D eigenvalue weighted by Gasteiger charge is -2.26. The fourth-order valence-corrected chi connectivity index (χ4v) is 3.11. The maximum Gasteiger partial charge on any atom is 0.329 e. The number of rotatable bonds is 6. The predicted octanol–water partition coefficient (Wildman–Crippen LogP) is 3.06. The molecule has 7 heteroatoms. The first-order valence-electron chi connectivity index (χ1n) is 9.21. The zero-order valence-corrected chi connectivity index (χ0v) is 17.4. The van der Waals surface area contributed by atoms with Gasteiger partial charge in [0, 0.05) is 12.6 Å². The first kappa shape index (κ1) is 21.6. The maximum absolute atomic E-state index is 12.7. The molecule has 1 saturated heterocycles. The summed E-state index contributed by atoms with van der Waals surface area (Å²) in [4.78, 5) is 26.6. The van der Waals surface area contributed by atoms with Gasteiger partial charge in [0.25, 0.3) is 0 Å². The summed E-state index contributed by atoms with van der Waals surface area (Å²) >= 11 is 0. The molecule has 28 heavy (non-hydrogen) atoms. The topological polar surface area (TPSA) is 74.3 Å². The molecule has 0 aliphatic carbocycles. The fraction of sp³-hybridized carbons (Fsp3) is 0.524. The van der Waals surface area contributed by atoms with Gasteiger partial charge in [-0.2, -0.15) is 0 Å². The van der Waals surface area contributed by atoms with Crippen molar-refractivity contribution in [1.29, 1.82) is 0 Å². The van der Waals surface area contributed by atoms with Gasteiger partial charge in [0.15, 0.2) is 11.5 Å². The second-order valence-corrected chi connectivity index (χ2v) is 7.52. The second kappa shape index (κ2) is 8.99. The van der Waals surface area contributed by atoms with E-state index in [1.165, 1.54) is 27.4 Å². The largest absolute Gasteiger partial charge is 0.493 e. The van der Waals surface area contributed by atoms with Crippen LogP contribution < -0.4 is 14.2 Å². The van der Waals surface area contributed by atoms with Gasteiger partial charge in [-0.3, -0.25) is 4.79 Å². The Labute approximate surface area is 166 Å². The smallest absolute Gasteiger partial charge is 0.329 e. The Kier molecular flexibility index (Phi) is 6.94. The number of benzene rings is 1. The molecule has 1 aliphatic heterocycles. The zero-order chi connectivity index (χ0) is 20.9.